The number of amides is 2. The number of carbonyl (C=O) groups excluding carboxylic acids is 2. The second-order valence-electron chi connectivity index (χ2n) is 3.55. The van der Waals surface area contributed by atoms with Gasteiger partial charge in [-0.05, 0) is 0 Å². The smallest absolute Gasteiger partial charge is 0.240 e. The van der Waals surface area contributed by atoms with Gasteiger partial charge in [0.15, 0.2) is 0 Å². The Morgan fingerprint density at radius 3 is 2.50 bits per heavy atom. The van der Waals surface area contributed by atoms with Crippen molar-refractivity contribution in [3.63, 3.8) is 0 Å². The molecule has 2 heterocycles. The molecule has 1 aromatic rings. The van der Waals surface area contributed by atoms with Crippen LogP contribution in [0.15, 0.2) is 12.4 Å². The quantitative estimate of drug-likeness (QED) is 0.590. The standard InChI is InChI=1S/C9H11N5O2/c10-7-2-11-6(1-12-7)3-14-4-8(15)13-9(16)5-14/h1-2H,3-5H2,(H2,10,12)(H,13,15,16). The van der Waals surface area contributed by atoms with Crippen LogP contribution in [0.4, 0.5) is 5.82 Å². The van der Waals surface area contributed by atoms with Gasteiger partial charge >= 0.3 is 0 Å². The molecule has 1 fully saturated rings. The molecular weight excluding hydrogens is 210 g/mol. The van der Waals surface area contributed by atoms with Crippen LogP contribution in [-0.4, -0.2) is 39.8 Å². The predicted molar refractivity (Wildman–Crippen MR) is 54.9 cm³/mol. The average molecular weight is 221 g/mol. The van der Waals surface area contributed by atoms with Crippen LogP contribution in [-0.2, 0) is 16.1 Å². The highest BCUT2D eigenvalue weighted by molar-refractivity contribution is 5.99. The fourth-order valence-electron chi connectivity index (χ4n) is 1.48. The van der Waals surface area contributed by atoms with E-state index in [-0.39, 0.29) is 24.9 Å². The Hall–Kier alpha value is -2.02. The highest BCUT2D eigenvalue weighted by Gasteiger charge is 2.22. The van der Waals surface area contributed by atoms with Gasteiger partial charge in [0.1, 0.15) is 5.82 Å². The Morgan fingerprint density at radius 1 is 1.25 bits per heavy atom. The zero-order valence-corrected chi connectivity index (χ0v) is 8.51. The van der Waals surface area contributed by atoms with Crippen molar-refractivity contribution in [1.29, 1.82) is 0 Å². The number of hydrogen-bond acceptors (Lipinski definition) is 6. The van der Waals surface area contributed by atoms with Crippen LogP contribution in [0, 0.1) is 0 Å². The number of rotatable bonds is 2. The first-order valence-electron chi connectivity index (χ1n) is 4.75. The van der Waals surface area contributed by atoms with Gasteiger partial charge in [-0.3, -0.25) is 24.8 Å². The van der Waals surface area contributed by atoms with Crippen molar-refractivity contribution in [2.45, 2.75) is 6.54 Å². The summed E-state index contributed by atoms with van der Waals surface area (Å²) in [5.41, 5.74) is 6.08. The van der Waals surface area contributed by atoms with Crippen molar-refractivity contribution < 1.29 is 9.59 Å². The van der Waals surface area contributed by atoms with E-state index in [1.165, 1.54) is 12.4 Å². The van der Waals surface area contributed by atoms with E-state index in [1.807, 2.05) is 0 Å². The van der Waals surface area contributed by atoms with Crippen molar-refractivity contribution in [2.24, 2.45) is 0 Å². The summed E-state index contributed by atoms with van der Waals surface area (Å²) in [6, 6.07) is 0. The molecule has 1 aliphatic rings. The normalized spacial score (nSPS) is 17.2. The molecule has 0 aliphatic carbocycles. The first-order valence-corrected chi connectivity index (χ1v) is 4.75. The zero-order valence-electron chi connectivity index (χ0n) is 8.51. The van der Waals surface area contributed by atoms with Crippen LogP contribution < -0.4 is 11.1 Å². The summed E-state index contributed by atoms with van der Waals surface area (Å²) in [5, 5.41) is 2.23. The Bertz CT molecular complexity index is 400. The summed E-state index contributed by atoms with van der Waals surface area (Å²) in [7, 11) is 0. The van der Waals surface area contributed by atoms with Gasteiger partial charge in [0, 0.05) is 6.54 Å². The van der Waals surface area contributed by atoms with E-state index in [9.17, 15) is 9.59 Å². The molecule has 3 N–H and O–H groups in total. The fraction of sp³-hybridized carbons (Fsp3) is 0.333. The van der Waals surface area contributed by atoms with E-state index in [0.717, 1.165) is 0 Å². The molecule has 7 nitrogen and oxygen atoms in total. The maximum atomic E-state index is 11.1. The zero-order chi connectivity index (χ0) is 11.5. The van der Waals surface area contributed by atoms with Crippen molar-refractivity contribution in [3.05, 3.63) is 18.1 Å². The fourth-order valence-corrected chi connectivity index (χ4v) is 1.48. The Morgan fingerprint density at radius 2 is 1.94 bits per heavy atom. The summed E-state index contributed by atoms with van der Waals surface area (Å²) in [5.74, 6) is -0.240. The molecule has 0 saturated carbocycles. The van der Waals surface area contributed by atoms with Crippen LogP contribution in [0.5, 0.6) is 0 Å². The minimum Gasteiger partial charge on any atom is -0.382 e. The van der Waals surface area contributed by atoms with Gasteiger partial charge in [-0.1, -0.05) is 0 Å². The molecule has 0 atom stereocenters. The highest BCUT2D eigenvalue weighted by Crippen LogP contribution is 2.03. The van der Waals surface area contributed by atoms with Gasteiger partial charge in [0.05, 0.1) is 31.2 Å². The molecule has 0 aromatic carbocycles. The van der Waals surface area contributed by atoms with Gasteiger partial charge in [0.25, 0.3) is 0 Å². The molecule has 1 aliphatic heterocycles. The number of hydrogen-bond donors (Lipinski definition) is 2. The third-order valence-electron chi connectivity index (χ3n) is 2.12. The first kappa shape index (κ1) is 10.5. The summed E-state index contributed by atoms with van der Waals surface area (Å²) < 4.78 is 0. The summed E-state index contributed by atoms with van der Waals surface area (Å²) >= 11 is 0. The van der Waals surface area contributed by atoms with Crippen molar-refractivity contribution >= 4 is 17.6 Å². The van der Waals surface area contributed by atoms with E-state index in [4.69, 9.17) is 5.73 Å². The lowest BCUT2D eigenvalue weighted by atomic mass is 10.3. The SMILES string of the molecule is Nc1cnc(CN2CC(=O)NC(=O)C2)cn1. The summed E-state index contributed by atoms with van der Waals surface area (Å²) in [6.07, 6.45) is 2.98. The van der Waals surface area contributed by atoms with E-state index in [2.05, 4.69) is 15.3 Å². The number of imide groups is 1. The third kappa shape index (κ3) is 2.51. The van der Waals surface area contributed by atoms with Gasteiger partial charge in [0.2, 0.25) is 11.8 Å². The molecule has 2 amide bonds. The molecule has 0 unspecified atom stereocenters. The summed E-state index contributed by atoms with van der Waals surface area (Å²) in [6.45, 7) is 0.794. The molecule has 2 rings (SSSR count). The number of nitrogen functional groups attached to an aromatic ring is 1. The lowest BCUT2D eigenvalue weighted by molar-refractivity contribution is -0.136. The minimum atomic E-state index is -0.292. The van der Waals surface area contributed by atoms with E-state index in [1.54, 1.807) is 4.90 Å². The number of piperazine rings is 1. The van der Waals surface area contributed by atoms with Crippen LogP contribution in [0.25, 0.3) is 0 Å². The number of anilines is 1. The molecule has 0 radical (unpaired) electrons. The molecule has 84 valence electrons. The Labute approximate surface area is 91.7 Å². The van der Waals surface area contributed by atoms with Gasteiger partial charge in [-0.25, -0.2) is 4.98 Å². The Balaban J connectivity index is 2.01. The van der Waals surface area contributed by atoms with Crippen molar-refractivity contribution in [1.82, 2.24) is 20.2 Å². The van der Waals surface area contributed by atoms with Gasteiger partial charge in [-0.2, -0.15) is 0 Å². The lowest BCUT2D eigenvalue weighted by Crippen LogP contribution is -2.50. The number of aromatic nitrogens is 2. The molecule has 1 saturated heterocycles. The van der Waals surface area contributed by atoms with Crippen LogP contribution in [0.3, 0.4) is 0 Å². The second kappa shape index (κ2) is 4.23. The van der Waals surface area contributed by atoms with Crippen LogP contribution >= 0.6 is 0 Å². The number of nitrogens with two attached hydrogens (primary N) is 1. The van der Waals surface area contributed by atoms with Crippen LogP contribution in [0.1, 0.15) is 5.69 Å². The molecule has 0 bridgehead atoms. The van der Waals surface area contributed by atoms with E-state index >= 15 is 0 Å². The highest BCUT2D eigenvalue weighted by atomic mass is 16.2. The topological polar surface area (TPSA) is 101 Å². The monoisotopic (exact) mass is 221 g/mol. The van der Waals surface area contributed by atoms with E-state index in [0.29, 0.717) is 18.1 Å². The maximum absolute atomic E-state index is 11.1. The number of nitrogens with zero attached hydrogens (tertiary/aromatic N) is 3. The lowest BCUT2D eigenvalue weighted by Gasteiger charge is -2.24. The molecule has 16 heavy (non-hydrogen) atoms. The van der Waals surface area contributed by atoms with Gasteiger partial charge in [-0.15, -0.1) is 0 Å². The average Bonchev–Trinajstić information content (AvgIpc) is 2.20. The Kier molecular flexibility index (Phi) is 2.78. The number of nitrogens with one attached hydrogen (secondary N) is 1. The van der Waals surface area contributed by atoms with Crippen LogP contribution in [0.2, 0.25) is 0 Å². The third-order valence-corrected chi connectivity index (χ3v) is 2.12. The molecule has 1 aromatic heterocycles. The second-order valence-corrected chi connectivity index (χ2v) is 3.55. The molecular formula is C9H11N5O2. The minimum absolute atomic E-state index is 0.192. The molecule has 7 heteroatoms. The van der Waals surface area contributed by atoms with Crippen molar-refractivity contribution in [2.75, 3.05) is 18.8 Å². The molecule has 0 spiro atoms. The maximum Gasteiger partial charge on any atom is 0.240 e. The van der Waals surface area contributed by atoms with Crippen molar-refractivity contribution in [3.8, 4) is 0 Å². The number of carbonyl (C=O) groups is 2. The van der Waals surface area contributed by atoms with E-state index < -0.39 is 0 Å². The first-order chi connectivity index (χ1) is 7.63. The van der Waals surface area contributed by atoms with Gasteiger partial charge < -0.3 is 5.73 Å². The largest absolute Gasteiger partial charge is 0.382 e. The summed E-state index contributed by atoms with van der Waals surface area (Å²) in [4.78, 5) is 31.8. The predicted octanol–water partition coefficient (Wildman–Crippen LogP) is -1.48.